The number of fused-ring (bicyclic) bond motifs is 1. The third-order valence-corrected chi connectivity index (χ3v) is 4.28. The smallest absolute Gasteiger partial charge is 0.136 e. The first-order valence-corrected chi connectivity index (χ1v) is 8.18. The van der Waals surface area contributed by atoms with Gasteiger partial charge in [-0.15, -0.1) is 0 Å². The van der Waals surface area contributed by atoms with Crippen LogP contribution in [0.2, 0.25) is 0 Å². The Morgan fingerprint density at radius 3 is 2.70 bits per heavy atom. The first-order valence-electron chi connectivity index (χ1n) is 8.18. The van der Waals surface area contributed by atoms with Crippen LogP contribution in [0.4, 0.5) is 11.5 Å². The van der Waals surface area contributed by atoms with Crippen molar-refractivity contribution in [1.82, 2.24) is 4.98 Å². The van der Waals surface area contributed by atoms with E-state index in [1.54, 1.807) is 0 Å². The van der Waals surface area contributed by atoms with Gasteiger partial charge in [0.1, 0.15) is 5.82 Å². The van der Waals surface area contributed by atoms with E-state index in [-0.39, 0.29) is 6.04 Å². The Kier molecular flexibility index (Phi) is 4.35. The van der Waals surface area contributed by atoms with Crippen molar-refractivity contribution < 1.29 is 0 Å². The summed E-state index contributed by atoms with van der Waals surface area (Å²) in [5, 5.41) is 14.8. The standard InChI is InChI=1S/C18H23N5/c1-12(2)22-17-11-21-18(23-7-5-14(20)6-8-23)16-9-13(10-19)3-4-15(16)17/h3-4,9,11-12,14,22H,5-8,20H2,1-2H3. The molecule has 1 aromatic carbocycles. The second kappa shape index (κ2) is 6.43. The van der Waals surface area contributed by atoms with Crippen LogP contribution in [-0.2, 0) is 0 Å². The van der Waals surface area contributed by atoms with Crippen LogP contribution >= 0.6 is 0 Å². The highest BCUT2D eigenvalue weighted by Crippen LogP contribution is 2.32. The van der Waals surface area contributed by atoms with Gasteiger partial charge in [-0.1, -0.05) is 6.07 Å². The Labute approximate surface area is 137 Å². The van der Waals surface area contributed by atoms with E-state index in [2.05, 4.69) is 30.1 Å². The number of nitrogens with zero attached hydrogens (tertiary/aromatic N) is 3. The number of nitrogens with one attached hydrogen (secondary N) is 1. The molecule has 3 rings (SSSR count). The van der Waals surface area contributed by atoms with Gasteiger partial charge in [-0.25, -0.2) is 4.98 Å². The number of rotatable bonds is 3. The largest absolute Gasteiger partial charge is 0.381 e. The molecule has 1 aromatic heterocycles. The summed E-state index contributed by atoms with van der Waals surface area (Å²) in [6.45, 7) is 6.04. The molecule has 5 nitrogen and oxygen atoms in total. The van der Waals surface area contributed by atoms with Crippen molar-refractivity contribution in [3.05, 3.63) is 30.0 Å². The number of aromatic nitrogens is 1. The molecular weight excluding hydrogens is 286 g/mol. The molecule has 3 N–H and O–H groups in total. The van der Waals surface area contributed by atoms with Crippen molar-refractivity contribution in [2.75, 3.05) is 23.3 Å². The molecule has 0 unspecified atom stereocenters. The number of benzene rings is 1. The third kappa shape index (κ3) is 3.22. The third-order valence-electron chi connectivity index (χ3n) is 4.28. The average Bonchev–Trinajstić information content (AvgIpc) is 2.55. The second-order valence-electron chi connectivity index (χ2n) is 6.49. The molecule has 1 aliphatic heterocycles. The quantitative estimate of drug-likeness (QED) is 0.911. The molecular formula is C18H23N5. The van der Waals surface area contributed by atoms with Gasteiger partial charge < -0.3 is 16.0 Å². The van der Waals surface area contributed by atoms with Crippen molar-refractivity contribution in [3.63, 3.8) is 0 Å². The number of hydrogen-bond donors (Lipinski definition) is 2. The first kappa shape index (κ1) is 15.6. The maximum Gasteiger partial charge on any atom is 0.136 e. The zero-order valence-corrected chi connectivity index (χ0v) is 13.7. The van der Waals surface area contributed by atoms with E-state index < -0.39 is 0 Å². The molecule has 0 saturated carbocycles. The van der Waals surface area contributed by atoms with Crippen molar-refractivity contribution in [2.45, 2.75) is 38.8 Å². The molecule has 2 heterocycles. The summed E-state index contributed by atoms with van der Waals surface area (Å²) in [6.07, 6.45) is 3.86. The fraction of sp³-hybridized carbons (Fsp3) is 0.444. The predicted octanol–water partition coefficient (Wildman–Crippen LogP) is 2.85. The summed E-state index contributed by atoms with van der Waals surface area (Å²) in [5.74, 6) is 0.957. The van der Waals surface area contributed by atoms with Crippen molar-refractivity contribution in [2.24, 2.45) is 5.73 Å². The van der Waals surface area contributed by atoms with Crippen LogP contribution in [-0.4, -0.2) is 30.2 Å². The summed E-state index contributed by atoms with van der Waals surface area (Å²) in [4.78, 5) is 6.98. The van der Waals surface area contributed by atoms with E-state index >= 15 is 0 Å². The first-order chi connectivity index (χ1) is 11.1. The van der Waals surface area contributed by atoms with E-state index in [9.17, 15) is 5.26 Å². The highest BCUT2D eigenvalue weighted by molar-refractivity contribution is 6.01. The molecule has 0 spiro atoms. The minimum atomic E-state index is 0.286. The molecule has 0 atom stereocenters. The zero-order chi connectivity index (χ0) is 16.4. The van der Waals surface area contributed by atoms with Gasteiger partial charge in [0.15, 0.2) is 0 Å². The maximum atomic E-state index is 9.23. The minimum absolute atomic E-state index is 0.286. The lowest BCUT2D eigenvalue weighted by molar-refractivity contribution is 0.499. The van der Waals surface area contributed by atoms with E-state index in [1.807, 2.05) is 24.4 Å². The Morgan fingerprint density at radius 1 is 1.30 bits per heavy atom. The Bertz CT molecular complexity index is 739. The lowest BCUT2D eigenvalue weighted by atomic mass is 10.0. The number of nitrogens with two attached hydrogens (primary N) is 1. The van der Waals surface area contributed by atoms with Crippen LogP contribution in [0, 0.1) is 11.3 Å². The van der Waals surface area contributed by atoms with Gasteiger partial charge in [0.2, 0.25) is 0 Å². The molecule has 1 saturated heterocycles. The number of hydrogen-bond acceptors (Lipinski definition) is 5. The fourth-order valence-corrected chi connectivity index (χ4v) is 3.09. The van der Waals surface area contributed by atoms with Crippen LogP contribution in [0.3, 0.4) is 0 Å². The molecule has 23 heavy (non-hydrogen) atoms. The monoisotopic (exact) mass is 309 g/mol. The molecule has 120 valence electrons. The fourth-order valence-electron chi connectivity index (χ4n) is 3.09. The van der Waals surface area contributed by atoms with Crippen molar-refractivity contribution in [3.8, 4) is 6.07 Å². The highest BCUT2D eigenvalue weighted by Gasteiger charge is 2.20. The lowest BCUT2D eigenvalue weighted by Gasteiger charge is -2.32. The Morgan fingerprint density at radius 2 is 2.04 bits per heavy atom. The van der Waals surface area contributed by atoms with Gasteiger partial charge in [0.05, 0.1) is 23.5 Å². The number of nitriles is 1. The summed E-state index contributed by atoms with van der Waals surface area (Å²) >= 11 is 0. The van der Waals surface area contributed by atoms with Crippen molar-refractivity contribution in [1.29, 1.82) is 5.26 Å². The SMILES string of the molecule is CC(C)Nc1cnc(N2CCC(N)CC2)c2cc(C#N)ccc12. The molecule has 1 fully saturated rings. The van der Waals surface area contributed by atoms with Crippen LogP contribution < -0.4 is 16.0 Å². The predicted molar refractivity (Wildman–Crippen MR) is 94.6 cm³/mol. The highest BCUT2D eigenvalue weighted by atomic mass is 15.2. The van der Waals surface area contributed by atoms with Gasteiger partial charge >= 0.3 is 0 Å². The Hall–Kier alpha value is -2.32. The molecule has 0 amide bonds. The number of pyridine rings is 1. The second-order valence-corrected chi connectivity index (χ2v) is 6.49. The molecule has 5 heteroatoms. The Balaban J connectivity index is 2.09. The molecule has 0 radical (unpaired) electrons. The van der Waals surface area contributed by atoms with E-state index in [4.69, 9.17) is 10.7 Å². The van der Waals surface area contributed by atoms with Gasteiger partial charge in [0.25, 0.3) is 0 Å². The van der Waals surface area contributed by atoms with E-state index in [0.717, 1.165) is 48.2 Å². The number of piperidine rings is 1. The minimum Gasteiger partial charge on any atom is -0.381 e. The molecule has 1 aliphatic rings. The normalized spacial score (nSPS) is 15.9. The van der Waals surface area contributed by atoms with Gasteiger partial charge in [-0.3, -0.25) is 0 Å². The van der Waals surface area contributed by atoms with Gasteiger partial charge in [-0.2, -0.15) is 5.26 Å². The van der Waals surface area contributed by atoms with E-state index in [1.165, 1.54) is 0 Å². The van der Waals surface area contributed by atoms with Gasteiger partial charge in [-0.05, 0) is 38.8 Å². The zero-order valence-electron chi connectivity index (χ0n) is 13.7. The maximum absolute atomic E-state index is 9.23. The summed E-state index contributed by atoms with van der Waals surface area (Å²) < 4.78 is 0. The van der Waals surface area contributed by atoms with Crippen molar-refractivity contribution >= 4 is 22.3 Å². The number of anilines is 2. The van der Waals surface area contributed by atoms with Crippen LogP contribution in [0.15, 0.2) is 24.4 Å². The summed E-state index contributed by atoms with van der Waals surface area (Å²) in [7, 11) is 0. The molecule has 2 aromatic rings. The topological polar surface area (TPSA) is 78.0 Å². The van der Waals surface area contributed by atoms with Crippen LogP contribution in [0.25, 0.3) is 10.8 Å². The summed E-state index contributed by atoms with van der Waals surface area (Å²) in [5.41, 5.74) is 7.69. The summed E-state index contributed by atoms with van der Waals surface area (Å²) in [6, 6.07) is 8.66. The van der Waals surface area contributed by atoms with Gasteiger partial charge in [0, 0.05) is 35.9 Å². The van der Waals surface area contributed by atoms with Crippen LogP contribution in [0.5, 0.6) is 0 Å². The lowest BCUT2D eigenvalue weighted by Crippen LogP contribution is -2.40. The van der Waals surface area contributed by atoms with Crippen LogP contribution in [0.1, 0.15) is 32.3 Å². The molecule has 0 aliphatic carbocycles. The molecule has 0 bridgehead atoms. The average molecular weight is 309 g/mol. The van der Waals surface area contributed by atoms with E-state index in [0.29, 0.717) is 11.6 Å².